The van der Waals surface area contributed by atoms with Crippen LogP contribution in [-0.4, -0.2) is 37.7 Å². The van der Waals surface area contributed by atoms with Crippen LogP contribution in [0.25, 0.3) is 0 Å². The van der Waals surface area contributed by atoms with Crippen LogP contribution in [0.15, 0.2) is 24.3 Å². The average molecular weight is 308 g/mol. The molecule has 5 nitrogen and oxygen atoms in total. The van der Waals surface area contributed by atoms with E-state index in [2.05, 4.69) is 6.07 Å². The van der Waals surface area contributed by atoms with Gasteiger partial charge < -0.3 is 4.74 Å². The van der Waals surface area contributed by atoms with Crippen molar-refractivity contribution in [2.45, 2.75) is 32.3 Å². The minimum atomic E-state index is -3.10. The van der Waals surface area contributed by atoms with E-state index in [9.17, 15) is 8.42 Å². The molecule has 1 aliphatic rings. The largest absolute Gasteiger partial charge is 0.490 e. The van der Waals surface area contributed by atoms with Crippen LogP contribution in [0.4, 0.5) is 0 Å². The van der Waals surface area contributed by atoms with Crippen LogP contribution >= 0.6 is 0 Å². The summed E-state index contributed by atoms with van der Waals surface area (Å²) in [7, 11) is -3.10. The zero-order chi connectivity index (χ0) is 15.3. The smallest absolute Gasteiger partial charge is 0.214 e. The first-order valence-electron chi connectivity index (χ1n) is 7.20. The fourth-order valence-corrected chi connectivity index (χ4v) is 3.96. The maximum Gasteiger partial charge on any atom is 0.214 e. The third kappa shape index (κ3) is 4.19. The topological polar surface area (TPSA) is 70.4 Å². The molecule has 6 heteroatoms. The maximum atomic E-state index is 12.0. The highest BCUT2D eigenvalue weighted by Gasteiger charge is 2.28. The number of sulfonamides is 1. The van der Waals surface area contributed by atoms with Gasteiger partial charge >= 0.3 is 0 Å². The summed E-state index contributed by atoms with van der Waals surface area (Å²) in [6.07, 6.45) is 2.07. The number of benzene rings is 1. The van der Waals surface area contributed by atoms with Crippen molar-refractivity contribution in [2.75, 3.05) is 18.8 Å². The van der Waals surface area contributed by atoms with Crippen LogP contribution in [0.1, 0.15) is 31.7 Å². The van der Waals surface area contributed by atoms with E-state index in [4.69, 9.17) is 10.00 Å². The number of nitriles is 1. The monoisotopic (exact) mass is 308 g/mol. The van der Waals surface area contributed by atoms with Crippen LogP contribution < -0.4 is 4.74 Å². The molecule has 0 bridgehead atoms. The maximum absolute atomic E-state index is 12.0. The van der Waals surface area contributed by atoms with Gasteiger partial charge in [-0.2, -0.15) is 5.26 Å². The third-order valence-corrected chi connectivity index (χ3v) is 5.62. The predicted molar refractivity (Wildman–Crippen MR) is 80.5 cm³/mol. The Morgan fingerprint density at radius 2 is 1.90 bits per heavy atom. The van der Waals surface area contributed by atoms with E-state index in [1.165, 1.54) is 0 Å². The van der Waals surface area contributed by atoms with Gasteiger partial charge in [-0.25, -0.2) is 12.7 Å². The molecule has 1 saturated heterocycles. The zero-order valence-electron chi connectivity index (χ0n) is 12.2. The summed E-state index contributed by atoms with van der Waals surface area (Å²) in [4.78, 5) is 0. The summed E-state index contributed by atoms with van der Waals surface area (Å²) in [5.74, 6) is 0.942. The Hall–Kier alpha value is -1.58. The minimum absolute atomic E-state index is 0.0333. The molecule has 0 unspecified atom stereocenters. The lowest BCUT2D eigenvalue weighted by atomic mass is 10.1. The standard InChI is InChI=1S/C15H20N2O3S/c1-2-11-21(18,19)17-9-7-15(8-10-17)20-14-5-3-13(12-16)4-6-14/h3-6,15H,2,7-11H2,1H3. The van der Waals surface area contributed by atoms with Gasteiger partial charge in [0.15, 0.2) is 0 Å². The van der Waals surface area contributed by atoms with Gasteiger partial charge in [-0.05, 0) is 43.5 Å². The molecule has 1 aromatic carbocycles. The van der Waals surface area contributed by atoms with Crippen molar-refractivity contribution in [1.82, 2.24) is 4.31 Å². The molecule has 0 spiro atoms. The molecule has 0 saturated carbocycles. The Morgan fingerprint density at radius 1 is 1.29 bits per heavy atom. The summed E-state index contributed by atoms with van der Waals surface area (Å²) in [5.41, 5.74) is 0.600. The van der Waals surface area contributed by atoms with E-state index in [1.54, 1.807) is 28.6 Å². The van der Waals surface area contributed by atoms with E-state index in [0.29, 0.717) is 37.9 Å². The van der Waals surface area contributed by atoms with Gasteiger partial charge in [-0.3, -0.25) is 0 Å². The number of rotatable bonds is 5. The van der Waals surface area contributed by atoms with Crippen LogP contribution in [0.2, 0.25) is 0 Å². The van der Waals surface area contributed by atoms with Crippen LogP contribution in [0.5, 0.6) is 5.75 Å². The Labute approximate surface area is 126 Å². The molecular formula is C15H20N2O3S. The van der Waals surface area contributed by atoms with E-state index in [1.807, 2.05) is 6.92 Å². The molecule has 1 heterocycles. The first-order valence-corrected chi connectivity index (χ1v) is 8.80. The second-order valence-corrected chi connectivity index (χ2v) is 7.26. The summed E-state index contributed by atoms with van der Waals surface area (Å²) in [6, 6.07) is 9.05. The average Bonchev–Trinajstić information content (AvgIpc) is 2.48. The molecule has 1 fully saturated rings. The van der Waals surface area contributed by atoms with Crippen molar-refractivity contribution in [1.29, 1.82) is 5.26 Å². The van der Waals surface area contributed by atoms with Gasteiger partial charge in [0, 0.05) is 13.1 Å². The Bertz CT molecular complexity index is 597. The second-order valence-electron chi connectivity index (χ2n) is 5.17. The Balaban J connectivity index is 1.88. The van der Waals surface area contributed by atoms with Crippen LogP contribution in [-0.2, 0) is 10.0 Å². The minimum Gasteiger partial charge on any atom is -0.490 e. The lowest BCUT2D eigenvalue weighted by molar-refractivity contribution is 0.135. The summed E-state index contributed by atoms with van der Waals surface area (Å²) in [6.45, 7) is 2.91. The molecule has 21 heavy (non-hydrogen) atoms. The molecule has 0 radical (unpaired) electrons. The Morgan fingerprint density at radius 3 is 2.43 bits per heavy atom. The van der Waals surface area contributed by atoms with E-state index in [0.717, 1.165) is 5.75 Å². The highest BCUT2D eigenvalue weighted by atomic mass is 32.2. The molecule has 0 atom stereocenters. The fraction of sp³-hybridized carbons (Fsp3) is 0.533. The molecule has 1 aliphatic heterocycles. The highest BCUT2D eigenvalue weighted by Crippen LogP contribution is 2.21. The molecule has 1 aromatic rings. The van der Waals surface area contributed by atoms with Crippen molar-refractivity contribution in [3.05, 3.63) is 29.8 Å². The van der Waals surface area contributed by atoms with E-state index < -0.39 is 10.0 Å². The van der Waals surface area contributed by atoms with Crippen molar-refractivity contribution >= 4 is 10.0 Å². The molecule has 2 rings (SSSR count). The van der Waals surface area contributed by atoms with Crippen LogP contribution in [0, 0.1) is 11.3 Å². The number of piperidine rings is 1. The summed E-state index contributed by atoms with van der Waals surface area (Å²) < 4.78 is 31.4. The lowest BCUT2D eigenvalue weighted by Crippen LogP contribution is -2.42. The SMILES string of the molecule is CCCS(=O)(=O)N1CCC(Oc2ccc(C#N)cc2)CC1. The molecular weight excluding hydrogens is 288 g/mol. The molecule has 0 N–H and O–H groups in total. The van der Waals surface area contributed by atoms with Gasteiger partial charge in [0.1, 0.15) is 11.9 Å². The second kappa shape index (κ2) is 6.92. The van der Waals surface area contributed by atoms with Gasteiger partial charge in [-0.15, -0.1) is 0 Å². The first kappa shape index (κ1) is 15.8. The van der Waals surface area contributed by atoms with Gasteiger partial charge in [0.2, 0.25) is 10.0 Å². The lowest BCUT2D eigenvalue weighted by Gasteiger charge is -2.31. The van der Waals surface area contributed by atoms with Crippen molar-refractivity contribution in [3.63, 3.8) is 0 Å². The molecule has 114 valence electrons. The van der Waals surface area contributed by atoms with Crippen LogP contribution in [0.3, 0.4) is 0 Å². The predicted octanol–water partition coefficient (Wildman–Crippen LogP) is 2.14. The number of ether oxygens (including phenoxy) is 1. The number of hydrogen-bond acceptors (Lipinski definition) is 4. The quantitative estimate of drug-likeness (QED) is 0.835. The van der Waals surface area contributed by atoms with Crippen molar-refractivity contribution in [2.24, 2.45) is 0 Å². The van der Waals surface area contributed by atoms with E-state index in [-0.39, 0.29) is 11.9 Å². The zero-order valence-corrected chi connectivity index (χ0v) is 13.0. The van der Waals surface area contributed by atoms with Gasteiger partial charge in [0.25, 0.3) is 0 Å². The summed E-state index contributed by atoms with van der Waals surface area (Å²) >= 11 is 0. The van der Waals surface area contributed by atoms with Crippen molar-refractivity contribution in [3.8, 4) is 11.8 Å². The molecule has 0 amide bonds. The highest BCUT2D eigenvalue weighted by molar-refractivity contribution is 7.89. The molecule has 0 aliphatic carbocycles. The fourth-order valence-electron chi connectivity index (χ4n) is 2.42. The summed E-state index contributed by atoms with van der Waals surface area (Å²) in [5, 5.41) is 8.75. The van der Waals surface area contributed by atoms with Gasteiger partial charge in [0.05, 0.1) is 17.4 Å². The first-order chi connectivity index (χ1) is 10.0. The van der Waals surface area contributed by atoms with E-state index >= 15 is 0 Å². The number of nitrogens with zero attached hydrogens (tertiary/aromatic N) is 2. The van der Waals surface area contributed by atoms with Gasteiger partial charge in [-0.1, -0.05) is 6.92 Å². The molecule has 0 aromatic heterocycles. The van der Waals surface area contributed by atoms with Crippen molar-refractivity contribution < 1.29 is 13.2 Å². The third-order valence-electron chi connectivity index (χ3n) is 3.54. The Kier molecular flexibility index (Phi) is 5.21. The normalized spacial score (nSPS) is 17.3. The number of hydrogen-bond donors (Lipinski definition) is 0.